The number of carboxylic acids is 1. The summed E-state index contributed by atoms with van der Waals surface area (Å²) in [6.07, 6.45) is -0.245. The van der Waals surface area contributed by atoms with E-state index in [2.05, 4.69) is 7.85 Å². The molecule has 3 nitrogen and oxygen atoms in total. The maximum atomic E-state index is 9.86. The Kier molecular flexibility index (Phi) is 2.92. The third-order valence-electron chi connectivity index (χ3n) is 0.585. The number of carbonyl (C=O) groups excluding carboxylic acids is 1. The van der Waals surface area contributed by atoms with Gasteiger partial charge in [-0.3, -0.25) is 4.79 Å². The van der Waals surface area contributed by atoms with Crippen molar-refractivity contribution < 1.29 is 14.7 Å². The highest BCUT2D eigenvalue weighted by molar-refractivity contribution is 6.57. The number of hydrogen-bond acceptors (Lipinski definition) is 2. The van der Waals surface area contributed by atoms with Gasteiger partial charge < -0.3 is 9.90 Å². The lowest BCUT2D eigenvalue weighted by Gasteiger charge is -1.86. The van der Waals surface area contributed by atoms with Crippen LogP contribution in [0.4, 0.5) is 0 Å². The van der Waals surface area contributed by atoms with Gasteiger partial charge in [0.15, 0.2) is 7.85 Å². The van der Waals surface area contributed by atoms with Crippen molar-refractivity contribution in [1.82, 2.24) is 0 Å². The zero-order chi connectivity index (χ0) is 6.57. The van der Waals surface area contributed by atoms with Crippen LogP contribution >= 0.6 is 0 Å². The molecule has 0 bridgehead atoms. The third-order valence-corrected chi connectivity index (χ3v) is 0.585. The molecule has 0 aliphatic carbocycles. The zero-order valence-corrected chi connectivity index (χ0v) is 4.26. The van der Waals surface area contributed by atoms with E-state index in [0.29, 0.717) is 0 Å². The fraction of sp³-hybridized carbons (Fsp3) is 0.500. The second-order valence-corrected chi connectivity index (χ2v) is 1.36. The summed E-state index contributed by atoms with van der Waals surface area (Å²) >= 11 is 0. The summed E-state index contributed by atoms with van der Waals surface area (Å²) < 4.78 is 0. The maximum absolute atomic E-state index is 9.86. The van der Waals surface area contributed by atoms with Gasteiger partial charge in [0.1, 0.15) is 0 Å². The highest BCUT2D eigenvalue weighted by Gasteiger charge is 1.97. The molecule has 2 radical (unpaired) electrons. The van der Waals surface area contributed by atoms with Crippen LogP contribution in [-0.2, 0) is 9.59 Å². The summed E-state index contributed by atoms with van der Waals surface area (Å²) in [5.74, 6) is -0.996. The summed E-state index contributed by atoms with van der Waals surface area (Å²) in [6.45, 7) is 0. The number of hydrogen-bond donors (Lipinski definition) is 1. The third kappa shape index (κ3) is 5.20. The molecule has 0 amide bonds. The number of carboxylic acid groups (broad SMARTS) is 1. The highest BCUT2D eigenvalue weighted by Crippen LogP contribution is 1.85. The first kappa shape index (κ1) is 7.20. The van der Waals surface area contributed by atoms with Gasteiger partial charge in [-0.2, -0.15) is 0 Å². The van der Waals surface area contributed by atoms with Gasteiger partial charge in [-0.25, -0.2) is 0 Å². The molecule has 0 aromatic carbocycles. The van der Waals surface area contributed by atoms with E-state index in [9.17, 15) is 9.59 Å². The Hall–Kier alpha value is -0.795. The molecular formula is C4H5BO3. The molecule has 0 atom stereocenters. The minimum atomic E-state index is -0.996. The fourth-order valence-corrected chi connectivity index (χ4v) is 0.230. The SMILES string of the molecule is [B]C(=O)CCC(=O)O. The molecular weight excluding hydrogens is 107 g/mol. The van der Waals surface area contributed by atoms with E-state index >= 15 is 0 Å². The van der Waals surface area contributed by atoms with Crippen molar-refractivity contribution in [1.29, 1.82) is 0 Å². The molecule has 0 fully saturated rings. The van der Waals surface area contributed by atoms with Crippen LogP contribution in [0, 0.1) is 0 Å². The predicted molar refractivity (Wildman–Crippen MR) is 27.6 cm³/mol. The summed E-state index contributed by atoms with van der Waals surface area (Å²) in [6, 6.07) is 0. The van der Waals surface area contributed by atoms with Gasteiger partial charge in [-0.1, -0.05) is 0 Å². The van der Waals surface area contributed by atoms with Crippen molar-refractivity contribution in [2.45, 2.75) is 12.8 Å². The standard InChI is InChI=1S/C4H5BO3/c5-3(6)1-2-4(7)8/h1-2H2,(H,7,8). The second-order valence-electron chi connectivity index (χ2n) is 1.36. The Bertz CT molecular complexity index is 95.9. The Morgan fingerprint density at radius 3 is 2.00 bits per heavy atom. The van der Waals surface area contributed by atoms with Gasteiger partial charge in [-0.15, -0.1) is 0 Å². The largest absolute Gasteiger partial charge is 0.481 e. The molecule has 0 heterocycles. The first-order chi connectivity index (χ1) is 3.63. The van der Waals surface area contributed by atoms with Gasteiger partial charge >= 0.3 is 5.97 Å². The summed E-state index contributed by atoms with van der Waals surface area (Å²) in [5, 5.41) is 7.95. The number of carbonyl (C=O) groups is 2. The minimum absolute atomic E-state index is 0.0741. The first-order valence-corrected chi connectivity index (χ1v) is 2.13. The van der Waals surface area contributed by atoms with E-state index < -0.39 is 11.7 Å². The van der Waals surface area contributed by atoms with Gasteiger partial charge in [0.05, 0.1) is 12.1 Å². The van der Waals surface area contributed by atoms with Crippen molar-refractivity contribution in [3.63, 3.8) is 0 Å². The Morgan fingerprint density at radius 2 is 1.88 bits per heavy atom. The van der Waals surface area contributed by atoms with Gasteiger partial charge in [-0.05, 0) is 0 Å². The Morgan fingerprint density at radius 1 is 1.38 bits per heavy atom. The molecule has 0 aliphatic heterocycles. The Balaban J connectivity index is 3.18. The fourth-order valence-electron chi connectivity index (χ4n) is 0.230. The highest BCUT2D eigenvalue weighted by atomic mass is 16.4. The van der Waals surface area contributed by atoms with Crippen LogP contribution in [0.2, 0.25) is 0 Å². The molecule has 8 heavy (non-hydrogen) atoms. The smallest absolute Gasteiger partial charge is 0.303 e. The van der Waals surface area contributed by atoms with Crippen LogP contribution in [0.5, 0.6) is 0 Å². The van der Waals surface area contributed by atoms with Gasteiger partial charge in [0, 0.05) is 6.42 Å². The van der Waals surface area contributed by atoms with Crippen molar-refractivity contribution in [3.8, 4) is 0 Å². The van der Waals surface area contributed by atoms with Crippen molar-refractivity contribution in [2.75, 3.05) is 0 Å². The van der Waals surface area contributed by atoms with Crippen LogP contribution in [0.25, 0.3) is 0 Å². The lowest BCUT2D eigenvalue weighted by Crippen LogP contribution is -2.01. The molecule has 1 N–H and O–H groups in total. The van der Waals surface area contributed by atoms with E-state index in [4.69, 9.17) is 5.11 Å². The quantitative estimate of drug-likeness (QED) is 0.502. The molecule has 0 aromatic heterocycles. The molecule has 0 aliphatic rings. The molecule has 42 valence electrons. The maximum Gasteiger partial charge on any atom is 0.303 e. The van der Waals surface area contributed by atoms with Crippen molar-refractivity contribution in [2.24, 2.45) is 0 Å². The van der Waals surface area contributed by atoms with Crippen molar-refractivity contribution in [3.05, 3.63) is 0 Å². The lowest BCUT2D eigenvalue weighted by molar-refractivity contribution is -0.138. The van der Waals surface area contributed by atoms with Crippen LogP contribution in [0.1, 0.15) is 12.8 Å². The van der Waals surface area contributed by atoms with Gasteiger partial charge in [0.2, 0.25) is 0 Å². The van der Waals surface area contributed by atoms with E-state index in [1.807, 2.05) is 0 Å². The second kappa shape index (κ2) is 3.24. The topological polar surface area (TPSA) is 54.4 Å². The van der Waals surface area contributed by atoms with Crippen LogP contribution < -0.4 is 0 Å². The van der Waals surface area contributed by atoms with Crippen LogP contribution in [0.3, 0.4) is 0 Å². The summed E-state index contributed by atoms with van der Waals surface area (Å²) in [7, 11) is 4.64. The average molecular weight is 112 g/mol. The summed E-state index contributed by atoms with van der Waals surface area (Å²) in [4.78, 5) is 19.6. The first-order valence-electron chi connectivity index (χ1n) is 2.13. The van der Waals surface area contributed by atoms with Crippen molar-refractivity contribution >= 4 is 19.5 Å². The van der Waals surface area contributed by atoms with Gasteiger partial charge in [0.25, 0.3) is 0 Å². The molecule has 0 unspecified atom stereocenters. The minimum Gasteiger partial charge on any atom is -0.481 e. The van der Waals surface area contributed by atoms with Crippen LogP contribution in [-0.4, -0.2) is 24.6 Å². The molecule has 0 saturated heterocycles. The average Bonchev–Trinajstić information content (AvgIpc) is 1.61. The number of aliphatic carboxylic acids is 1. The van der Waals surface area contributed by atoms with E-state index in [1.165, 1.54) is 0 Å². The Labute approximate surface area is 48.1 Å². The van der Waals surface area contributed by atoms with E-state index in [-0.39, 0.29) is 12.8 Å². The summed E-state index contributed by atoms with van der Waals surface area (Å²) in [5.41, 5.74) is -0.576. The molecule has 0 aromatic rings. The van der Waals surface area contributed by atoms with Crippen LogP contribution in [0.15, 0.2) is 0 Å². The molecule has 0 spiro atoms. The molecule has 4 heteroatoms. The van der Waals surface area contributed by atoms with E-state index in [1.54, 1.807) is 0 Å². The van der Waals surface area contributed by atoms with E-state index in [0.717, 1.165) is 0 Å². The molecule has 0 saturated carbocycles. The monoisotopic (exact) mass is 112 g/mol. The molecule has 0 rings (SSSR count). The normalized spacial score (nSPS) is 8.50. The predicted octanol–water partition coefficient (Wildman–Crippen LogP) is -0.454. The number of rotatable bonds is 3. The lowest BCUT2D eigenvalue weighted by atomic mass is 9.98. The zero-order valence-electron chi connectivity index (χ0n) is 4.26.